The molecule has 0 radical (unpaired) electrons. The summed E-state index contributed by atoms with van der Waals surface area (Å²) in [6, 6.07) is 7.88. The molecule has 2 nitrogen and oxygen atoms in total. The van der Waals surface area contributed by atoms with Gasteiger partial charge in [-0.3, -0.25) is 9.97 Å². The zero-order valence-corrected chi connectivity index (χ0v) is 8.82. The number of aromatic nitrogens is 2. The van der Waals surface area contributed by atoms with E-state index in [9.17, 15) is 0 Å². The maximum atomic E-state index is 3.96. The van der Waals surface area contributed by atoms with Gasteiger partial charge < -0.3 is 0 Å². The number of allylic oxidation sites excluding steroid dienone is 2. The van der Waals surface area contributed by atoms with Crippen LogP contribution in [0.1, 0.15) is 11.1 Å². The standard InChI is InChI=1S/C14H12N2/c1(3-13-5-9-15-10-6-13)2-4-14-7-11-16-12-8-14/h1-12H. The van der Waals surface area contributed by atoms with Crippen LogP contribution in [0.3, 0.4) is 0 Å². The average molecular weight is 208 g/mol. The normalized spacial score (nSPS) is 11.2. The molecule has 0 atom stereocenters. The molecule has 0 N–H and O–H groups in total. The van der Waals surface area contributed by atoms with E-state index in [0.29, 0.717) is 0 Å². The SMILES string of the molecule is C(C=Cc1ccncc1)=Cc1ccncc1. The molecule has 2 rings (SSSR count). The highest BCUT2D eigenvalue weighted by molar-refractivity contribution is 5.56. The highest BCUT2D eigenvalue weighted by Gasteiger charge is 1.82. The molecular weight excluding hydrogens is 196 g/mol. The molecule has 0 fully saturated rings. The second kappa shape index (κ2) is 5.61. The van der Waals surface area contributed by atoms with Crippen molar-refractivity contribution in [2.24, 2.45) is 0 Å². The summed E-state index contributed by atoms with van der Waals surface area (Å²) in [4.78, 5) is 7.92. The van der Waals surface area contributed by atoms with Gasteiger partial charge in [-0.2, -0.15) is 0 Å². The van der Waals surface area contributed by atoms with Crippen molar-refractivity contribution in [1.29, 1.82) is 0 Å². The molecular formula is C14H12N2. The van der Waals surface area contributed by atoms with Crippen molar-refractivity contribution in [3.05, 3.63) is 72.3 Å². The highest BCUT2D eigenvalue weighted by Crippen LogP contribution is 2.02. The van der Waals surface area contributed by atoms with Crippen LogP contribution in [0.2, 0.25) is 0 Å². The Morgan fingerprint density at radius 1 is 0.625 bits per heavy atom. The Morgan fingerprint density at radius 3 is 1.38 bits per heavy atom. The Kier molecular flexibility index (Phi) is 3.61. The van der Waals surface area contributed by atoms with Gasteiger partial charge in [0.25, 0.3) is 0 Å². The van der Waals surface area contributed by atoms with Crippen molar-refractivity contribution in [2.45, 2.75) is 0 Å². The minimum Gasteiger partial charge on any atom is -0.265 e. The fourth-order valence-electron chi connectivity index (χ4n) is 1.28. The van der Waals surface area contributed by atoms with Gasteiger partial charge in [-0.1, -0.05) is 24.3 Å². The Balaban J connectivity index is 1.98. The van der Waals surface area contributed by atoms with Gasteiger partial charge in [0.2, 0.25) is 0 Å². The van der Waals surface area contributed by atoms with E-state index in [-0.39, 0.29) is 0 Å². The molecule has 0 bridgehead atoms. The zero-order valence-electron chi connectivity index (χ0n) is 8.82. The van der Waals surface area contributed by atoms with Gasteiger partial charge in [-0.25, -0.2) is 0 Å². The van der Waals surface area contributed by atoms with Crippen LogP contribution < -0.4 is 0 Å². The molecule has 0 amide bonds. The zero-order chi connectivity index (χ0) is 11.1. The lowest BCUT2D eigenvalue weighted by Crippen LogP contribution is -1.72. The third-order valence-electron chi connectivity index (χ3n) is 2.10. The van der Waals surface area contributed by atoms with Crippen LogP contribution >= 0.6 is 0 Å². The molecule has 0 saturated heterocycles. The second-order valence-corrected chi connectivity index (χ2v) is 3.28. The highest BCUT2D eigenvalue weighted by atomic mass is 14.6. The summed E-state index contributed by atoms with van der Waals surface area (Å²) in [5, 5.41) is 0. The van der Waals surface area contributed by atoms with Crippen molar-refractivity contribution >= 4 is 12.2 Å². The van der Waals surface area contributed by atoms with Gasteiger partial charge in [0.15, 0.2) is 0 Å². The molecule has 2 aromatic heterocycles. The van der Waals surface area contributed by atoms with E-state index < -0.39 is 0 Å². The Labute approximate surface area is 95.0 Å². The summed E-state index contributed by atoms with van der Waals surface area (Å²) in [6.45, 7) is 0. The second-order valence-electron chi connectivity index (χ2n) is 3.28. The topological polar surface area (TPSA) is 25.8 Å². The molecule has 16 heavy (non-hydrogen) atoms. The van der Waals surface area contributed by atoms with E-state index in [1.807, 2.05) is 48.6 Å². The summed E-state index contributed by atoms with van der Waals surface area (Å²) in [7, 11) is 0. The Bertz CT molecular complexity index is 425. The smallest absolute Gasteiger partial charge is 0.0273 e. The molecule has 78 valence electrons. The first-order chi connectivity index (χ1) is 7.95. The largest absolute Gasteiger partial charge is 0.265 e. The Morgan fingerprint density at radius 2 is 1.00 bits per heavy atom. The molecule has 2 aromatic rings. The predicted molar refractivity (Wildman–Crippen MR) is 66.5 cm³/mol. The molecule has 0 spiro atoms. The number of nitrogens with zero attached hydrogens (tertiary/aromatic N) is 2. The van der Waals surface area contributed by atoms with E-state index >= 15 is 0 Å². The van der Waals surface area contributed by atoms with Gasteiger partial charge in [0.1, 0.15) is 0 Å². The van der Waals surface area contributed by atoms with Gasteiger partial charge in [-0.05, 0) is 35.4 Å². The van der Waals surface area contributed by atoms with Crippen LogP contribution in [0, 0.1) is 0 Å². The van der Waals surface area contributed by atoms with Crippen molar-refractivity contribution in [3.8, 4) is 0 Å². The summed E-state index contributed by atoms with van der Waals surface area (Å²) < 4.78 is 0. The lowest BCUT2D eigenvalue weighted by Gasteiger charge is -1.89. The molecule has 0 aliphatic carbocycles. The maximum Gasteiger partial charge on any atom is 0.0273 e. The van der Waals surface area contributed by atoms with Crippen LogP contribution in [-0.2, 0) is 0 Å². The minimum atomic E-state index is 1.15. The molecule has 0 saturated carbocycles. The maximum absolute atomic E-state index is 3.96. The molecule has 0 aliphatic rings. The van der Waals surface area contributed by atoms with Gasteiger partial charge in [-0.15, -0.1) is 0 Å². The number of pyridine rings is 2. The first-order valence-electron chi connectivity index (χ1n) is 5.10. The quantitative estimate of drug-likeness (QED) is 0.724. The van der Waals surface area contributed by atoms with Crippen molar-refractivity contribution in [2.75, 3.05) is 0 Å². The monoisotopic (exact) mass is 208 g/mol. The van der Waals surface area contributed by atoms with Gasteiger partial charge in [0.05, 0.1) is 0 Å². The van der Waals surface area contributed by atoms with Gasteiger partial charge in [0, 0.05) is 24.8 Å². The van der Waals surface area contributed by atoms with Crippen molar-refractivity contribution in [1.82, 2.24) is 9.97 Å². The number of rotatable bonds is 3. The predicted octanol–water partition coefficient (Wildman–Crippen LogP) is 3.20. The van der Waals surface area contributed by atoms with E-state index in [4.69, 9.17) is 0 Å². The summed E-state index contributed by atoms with van der Waals surface area (Å²) in [5.74, 6) is 0. The van der Waals surface area contributed by atoms with Crippen molar-refractivity contribution in [3.63, 3.8) is 0 Å². The first-order valence-corrected chi connectivity index (χ1v) is 5.10. The lowest BCUT2D eigenvalue weighted by atomic mass is 10.2. The van der Waals surface area contributed by atoms with E-state index in [1.54, 1.807) is 24.8 Å². The van der Waals surface area contributed by atoms with Crippen LogP contribution in [0.15, 0.2) is 61.2 Å². The van der Waals surface area contributed by atoms with Crippen molar-refractivity contribution < 1.29 is 0 Å². The molecule has 0 aromatic carbocycles. The Hall–Kier alpha value is -2.22. The van der Waals surface area contributed by atoms with E-state index in [0.717, 1.165) is 11.1 Å². The van der Waals surface area contributed by atoms with Crippen LogP contribution in [-0.4, -0.2) is 9.97 Å². The molecule has 0 aliphatic heterocycles. The van der Waals surface area contributed by atoms with Crippen LogP contribution in [0.25, 0.3) is 12.2 Å². The molecule has 2 heterocycles. The number of hydrogen-bond acceptors (Lipinski definition) is 2. The first kappa shape index (κ1) is 10.3. The summed E-state index contributed by atoms with van der Waals surface area (Å²) >= 11 is 0. The van der Waals surface area contributed by atoms with E-state index in [1.165, 1.54) is 0 Å². The third-order valence-corrected chi connectivity index (χ3v) is 2.10. The summed E-state index contributed by atoms with van der Waals surface area (Å²) in [6.07, 6.45) is 15.2. The number of hydrogen-bond donors (Lipinski definition) is 0. The fraction of sp³-hybridized carbons (Fsp3) is 0. The average Bonchev–Trinajstić information content (AvgIpc) is 2.37. The van der Waals surface area contributed by atoms with Gasteiger partial charge >= 0.3 is 0 Å². The lowest BCUT2D eigenvalue weighted by molar-refractivity contribution is 1.32. The fourth-order valence-corrected chi connectivity index (χ4v) is 1.28. The minimum absolute atomic E-state index is 1.15. The summed E-state index contributed by atoms with van der Waals surface area (Å²) in [5.41, 5.74) is 2.30. The third kappa shape index (κ3) is 3.17. The molecule has 0 unspecified atom stereocenters. The van der Waals surface area contributed by atoms with Crippen LogP contribution in [0.5, 0.6) is 0 Å². The van der Waals surface area contributed by atoms with E-state index in [2.05, 4.69) is 9.97 Å². The molecule has 2 heteroatoms. The van der Waals surface area contributed by atoms with Crippen LogP contribution in [0.4, 0.5) is 0 Å².